The standard InChI is InChI=1S/C21H31FN6S/c1-3-23-20(25-15-16-9-4-7-12-18(16)22)24-14-8-13-19-26-27-21(29-2)28(19)17-10-5-6-11-17/h4,7,9,12,17H,3,5-6,8,10-11,13-15H2,1-2H3,(H2,23,24,25). The number of halogens is 1. The van der Waals surface area contributed by atoms with Gasteiger partial charge in [0.05, 0.1) is 6.54 Å². The van der Waals surface area contributed by atoms with Crippen LogP contribution in [-0.2, 0) is 13.0 Å². The number of aryl methyl sites for hydroxylation is 1. The molecule has 1 aliphatic carbocycles. The minimum Gasteiger partial charge on any atom is -0.357 e. The Hall–Kier alpha value is -2.09. The van der Waals surface area contributed by atoms with Crippen molar-refractivity contribution in [1.82, 2.24) is 25.4 Å². The topological polar surface area (TPSA) is 67.1 Å². The highest BCUT2D eigenvalue weighted by Gasteiger charge is 2.23. The molecule has 0 spiro atoms. The molecular weight excluding hydrogens is 387 g/mol. The predicted octanol–water partition coefficient (Wildman–Crippen LogP) is 3.94. The van der Waals surface area contributed by atoms with Crippen molar-refractivity contribution in [3.63, 3.8) is 0 Å². The summed E-state index contributed by atoms with van der Waals surface area (Å²) < 4.78 is 16.1. The number of benzene rings is 1. The SMILES string of the molecule is CCNC(=NCc1ccccc1F)NCCCc1nnc(SC)n1C1CCCC1. The number of nitrogens with one attached hydrogen (secondary N) is 2. The van der Waals surface area contributed by atoms with Crippen LogP contribution in [-0.4, -0.2) is 40.1 Å². The molecule has 158 valence electrons. The molecular formula is C21H31FN6S. The van der Waals surface area contributed by atoms with Gasteiger partial charge in [-0.2, -0.15) is 0 Å². The lowest BCUT2D eigenvalue weighted by atomic mass is 10.2. The maximum absolute atomic E-state index is 13.8. The van der Waals surface area contributed by atoms with Crippen LogP contribution in [0.3, 0.4) is 0 Å². The fourth-order valence-corrected chi connectivity index (χ4v) is 4.31. The average molecular weight is 419 g/mol. The van der Waals surface area contributed by atoms with E-state index in [-0.39, 0.29) is 5.82 Å². The Morgan fingerprint density at radius 2 is 2.03 bits per heavy atom. The Morgan fingerprint density at radius 1 is 1.24 bits per heavy atom. The molecule has 8 heteroatoms. The first-order chi connectivity index (χ1) is 14.2. The summed E-state index contributed by atoms with van der Waals surface area (Å²) in [5.41, 5.74) is 0.596. The van der Waals surface area contributed by atoms with Crippen molar-refractivity contribution in [2.45, 2.75) is 63.2 Å². The summed E-state index contributed by atoms with van der Waals surface area (Å²) in [6.07, 6.45) is 8.92. The second-order valence-electron chi connectivity index (χ2n) is 7.23. The van der Waals surface area contributed by atoms with Gasteiger partial charge in [0.25, 0.3) is 0 Å². The first-order valence-corrected chi connectivity index (χ1v) is 11.7. The van der Waals surface area contributed by atoms with E-state index in [2.05, 4.69) is 36.6 Å². The number of hydrogen-bond acceptors (Lipinski definition) is 4. The van der Waals surface area contributed by atoms with Gasteiger partial charge in [-0.1, -0.05) is 42.8 Å². The van der Waals surface area contributed by atoms with E-state index in [4.69, 9.17) is 0 Å². The van der Waals surface area contributed by atoms with Crippen molar-refractivity contribution in [3.05, 3.63) is 41.5 Å². The zero-order valence-electron chi connectivity index (χ0n) is 17.3. The van der Waals surface area contributed by atoms with Gasteiger partial charge in [0.2, 0.25) is 0 Å². The van der Waals surface area contributed by atoms with Crippen LogP contribution in [0, 0.1) is 5.82 Å². The fraction of sp³-hybridized carbons (Fsp3) is 0.571. The molecule has 2 N–H and O–H groups in total. The van der Waals surface area contributed by atoms with E-state index in [9.17, 15) is 4.39 Å². The molecule has 1 fully saturated rings. The molecule has 0 radical (unpaired) electrons. The van der Waals surface area contributed by atoms with Crippen molar-refractivity contribution in [2.75, 3.05) is 19.3 Å². The summed E-state index contributed by atoms with van der Waals surface area (Å²) in [5.74, 6) is 1.57. The van der Waals surface area contributed by atoms with E-state index in [1.54, 1.807) is 23.9 Å². The number of aliphatic imine (C=N–C) groups is 1. The van der Waals surface area contributed by atoms with E-state index in [0.29, 0.717) is 24.1 Å². The van der Waals surface area contributed by atoms with Gasteiger partial charge in [0.15, 0.2) is 11.1 Å². The largest absolute Gasteiger partial charge is 0.357 e. The smallest absolute Gasteiger partial charge is 0.191 e. The van der Waals surface area contributed by atoms with Crippen LogP contribution in [0.4, 0.5) is 4.39 Å². The van der Waals surface area contributed by atoms with E-state index in [1.165, 1.54) is 31.7 Å². The second-order valence-corrected chi connectivity index (χ2v) is 8.00. The molecule has 1 aromatic heterocycles. The lowest BCUT2D eigenvalue weighted by Gasteiger charge is -2.16. The van der Waals surface area contributed by atoms with Crippen LogP contribution in [0.1, 0.15) is 56.5 Å². The number of aromatic nitrogens is 3. The van der Waals surface area contributed by atoms with Gasteiger partial charge < -0.3 is 15.2 Å². The summed E-state index contributed by atoms with van der Waals surface area (Å²) in [7, 11) is 0. The Labute approximate surface area is 176 Å². The van der Waals surface area contributed by atoms with Crippen LogP contribution < -0.4 is 10.6 Å². The van der Waals surface area contributed by atoms with Crippen LogP contribution in [0.5, 0.6) is 0 Å². The molecule has 3 rings (SSSR count). The molecule has 0 aliphatic heterocycles. The number of guanidine groups is 1. The fourth-order valence-electron chi connectivity index (χ4n) is 3.73. The molecule has 1 saturated carbocycles. The second kappa shape index (κ2) is 11.2. The van der Waals surface area contributed by atoms with Crippen LogP contribution in [0.2, 0.25) is 0 Å². The van der Waals surface area contributed by atoms with Crippen LogP contribution in [0.15, 0.2) is 34.4 Å². The highest BCUT2D eigenvalue weighted by molar-refractivity contribution is 7.98. The molecule has 0 bridgehead atoms. The van der Waals surface area contributed by atoms with Gasteiger partial charge >= 0.3 is 0 Å². The lowest BCUT2D eigenvalue weighted by Crippen LogP contribution is -2.38. The number of thioether (sulfide) groups is 1. The third-order valence-corrected chi connectivity index (χ3v) is 5.83. The summed E-state index contributed by atoms with van der Waals surface area (Å²) in [6.45, 7) is 3.87. The van der Waals surface area contributed by atoms with Crippen molar-refractivity contribution < 1.29 is 4.39 Å². The van der Waals surface area contributed by atoms with Crippen molar-refractivity contribution >= 4 is 17.7 Å². The summed E-state index contributed by atoms with van der Waals surface area (Å²) in [4.78, 5) is 4.50. The molecule has 29 heavy (non-hydrogen) atoms. The van der Waals surface area contributed by atoms with E-state index in [0.717, 1.165) is 36.9 Å². The van der Waals surface area contributed by atoms with Crippen LogP contribution >= 0.6 is 11.8 Å². The van der Waals surface area contributed by atoms with Crippen molar-refractivity contribution in [2.24, 2.45) is 4.99 Å². The third kappa shape index (κ3) is 5.95. The van der Waals surface area contributed by atoms with Crippen LogP contribution in [0.25, 0.3) is 0 Å². The molecule has 0 unspecified atom stereocenters. The highest BCUT2D eigenvalue weighted by atomic mass is 32.2. The number of nitrogens with zero attached hydrogens (tertiary/aromatic N) is 4. The van der Waals surface area contributed by atoms with Gasteiger partial charge in [-0.3, -0.25) is 0 Å². The Kier molecular flexibility index (Phi) is 8.34. The average Bonchev–Trinajstić information content (AvgIpc) is 3.39. The quantitative estimate of drug-likeness (QED) is 0.279. The van der Waals surface area contributed by atoms with Gasteiger partial charge in [0.1, 0.15) is 11.6 Å². The maximum Gasteiger partial charge on any atom is 0.191 e. The molecule has 1 aromatic carbocycles. The maximum atomic E-state index is 13.8. The Balaban J connectivity index is 1.53. The zero-order valence-corrected chi connectivity index (χ0v) is 18.1. The summed E-state index contributed by atoms with van der Waals surface area (Å²) >= 11 is 1.67. The van der Waals surface area contributed by atoms with E-state index < -0.39 is 0 Å². The van der Waals surface area contributed by atoms with E-state index in [1.807, 2.05) is 13.0 Å². The highest BCUT2D eigenvalue weighted by Crippen LogP contribution is 2.33. The van der Waals surface area contributed by atoms with Gasteiger partial charge in [0, 0.05) is 31.1 Å². The summed E-state index contributed by atoms with van der Waals surface area (Å²) in [6, 6.07) is 7.31. The van der Waals surface area contributed by atoms with Gasteiger partial charge in [-0.05, 0) is 38.5 Å². The number of rotatable bonds is 9. The third-order valence-electron chi connectivity index (χ3n) is 5.19. The Bertz CT molecular complexity index is 800. The molecule has 1 heterocycles. The summed E-state index contributed by atoms with van der Waals surface area (Å²) in [5, 5.41) is 16.4. The zero-order chi connectivity index (χ0) is 20.5. The lowest BCUT2D eigenvalue weighted by molar-refractivity contribution is 0.460. The molecule has 6 nitrogen and oxygen atoms in total. The normalized spacial score (nSPS) is 15.1. The molecule has 0 amide bonds. The van der Waals surface area contributed by atoms with Crippen molar-refractivity contribution in [3.8, 4) is 0 Å². The molecule has 0 saturated heterocycles. The van der Waals surface area contributed by atoms with E-state index >= 15 is 0 Å². The first kappa shape index (κ1) is 21.6. The van der Waals surface area contributed by atoms with Gasteiger partial charge in [-0.25, -0.2) is 9.38 Å². The number of hydrogen-bond donors (Lipinski definition) is 2. The molecule has 1 aliphatic rings. The minimum absolute atomic E-state index is 0.219. The molecule has 2 aromatic rings. The van der Waals surface area contributed by atoms with Crippen molar-refractivity contribution in [1.29, 1.82) is 0 Å². The van der Waals surface area contributed by atoms with Gasteiger partial charge in [-0.15, -0.1) is 10.2 Å². The molecule has 0 atom stereocenters. The Morgan fingerprint density at radius 3 is 2.76 bits per heavy atom. The minimum atomic E-state index is -0.219. The predicted molar refractivity (Wildman–Crippen MR) is 117 cm³/mol. The monoisotopic (exact) mass is 418 g/mol. The first-order valence-electron chi connectivity index (χ1n) is 10.5.